The third-order valence-electron chi connectivity index (χ3n) is 2.14. The lowest BCUT2D eigenvalue weighted by Gasteiger charge is -1.97. The molecule has 0 atom stereocenters. The first kappa shape index (κ1) is 12.5. The monoisotopic (exact) mass is 179 g/mol. The molecule has 0 heteroatoms. The summed E-state index contributed by atoms with van der Waals surface area (Å²) in [6, 6.07) is 0. The van der Waals surface area contributed by atoms with Gasteiger partial charge in [0.05, 0.1) is 0 Å². The van der Waals surface area contributed by atoms with E-state index >= 15 is 0 Å². The van der Waals surface area contributed by atoms with Crippen LogP contribution in [0.1, 0.15) is 58.3 Å². The zero-order valence-electron chi connectivity index (χ0n) is 8.97. The van der Waals surface area contributed by atoms with Crippen LogP contribution in [0.3, 0.4) is 0 Å². The molecule has 0 aromatic rings. The van der Waals surface area contributed by atoms with Crippen molar-refractivity contribution < 1.29 is 0 Å². The fraction of sp³-hybridized carbons (Fsp3) is 0.692. The first-order chi connectivity index (χ1) is 6.41. The van der Waals surface area contributed by atoms with E-state index in [1.807, 2.05) is 0 Å². The fourth-order valence-electron chi connectivity index (χ4n) is 1.34. The zero-order chi connectivity index (χ0) is 9.78. The molecular formula is C13H23. The average Bonchev–Trinajstić information content (AvgIpc) is 2.16. The molecule has 0 nitrogen and oxygen atoms in total. The molecule has 0 aromatic carbocycles. The van der Waals surface area contributed by atoms with Gasteiger partial charge in [0.15, 0.2) is 0 Å². The number of rotatable bonds is 9. The molecular weight excluding hydrogens is 156 g/mol. The molecule has 0 spiro atoms. The molecule has 0 fully saturated rings. The highest BCUT2D eigenvalue weighted by Gasteiger charge is 1.87. The van der Waals surface area contributed by atoms with Gasteiger partial charge in [0.1, 0.15) is 0 Å². The predicted molar refractivity (Wildman–Crippen MR) is 60.6 cm³/mol. The van der Waals surface area contributed by atoms with Crippen LogP contribution in [0.2, 0.25) is 0 Å². The first-order valence-electron chi connectivity index (χ1n) is 5.60. The number of allylic oxidation sites excluding steroid dienone is 3. The Morgan fingerprint density at radius 3 is 2.08 bits per heavy atom. The molecule has 13 heavy (non-hydrogen) atoms. The maximum absolute atomic E-state index is 5.29. The summed E-state index contributed by atoms with van der Waals surface area (Å²) in [7, 11) is 0. The lowest BCUT2D eigenvalue weighted by Crippen LogP contribution is -1.77. The highest BCUT2D eigenvalue weighted by atomic mass is 13.9. The topological polar surface area (TPSA) is 0 Å². The maximum atomic E-state index is 5.29. The average molecular weight is 179 g/mol. The van der Waals surface area contributed by atoms with Gasteiger partial charge in [-0.2, -0.15) is 0 Å². The number of hydrogen-bond acceptors (Lipinski definition) is 0. The molecule has 0 saturated heterocycles. The molecule has 0 heterocycles. The standard InChI is InChI=1S/C13H23/c1-3-5-7-9-11-13-12-10-8-6-4-2/h1,3,6,8H,4-5,7,9-13H2,2H3. The summed E-state index contributed by atoms with van der Waals surface area (Å²) in [5.41, 5.74) is 0. The maximum Gasteiger partial charge on any atom is -0.0348 e. The highest BCUT2D eigenvalue weighted by molar-refractivity contribution is 4.79. The third kappa shape index (κ3) is 11.5. The SMILES string of the molecule is [CH]=CCCCCCCCC=CCC. The van der Waals surface area contributed by atoms with Gasteiger partial charge >= 0.3 is 0 Å². The van der Waals surface area contributed by atoms with Gasteiger partial charge in [-0.1, -0.05) is 51.0 Å². The smallest absolute Gasteiger partial charge is 0.0348 e. The van der Waals surface area contributed by atoms with Crippen LogP contribution >= 0.6 is 0 Å². The van der Waals surface area contributed by atoms with Crippen molar-refractivity contribution in [3.63, 3.8) is 0 Å². The van der Waals surface area contributed by atoms with E-state index < -0.39 is 0 Å². The van der Waals surface area contributed by atoms with Crippen LogP contribution < -0.4 is 0 Å². The van der Waals surface area contributed by atoms with E-state index in [1.54, 1.807) is 6.08 Å². The Kier molecular flexibility index (Phi) is 11.0. The van der Waals surface area contributed by atoms with E-state index in [0.29, 0.717) is 0 Å². The minimum atomic E-state index is 1.08. The van der Waals surface area contributed by atoms with Crippen LogP contribution in [-0.4, -0.2) is 0 Å². The van der Waals surface area contributed by atoms with Crippen molar-refractivity contribution in [2.24, 2.45) is 0 Å². The van der Waals surface area contributed by atoms with Crippen molar-refractivity contribution in [1.29, 1.82) is 0 Å². The Bertz CT molecular complexity index is 122. The van der Waals surface area contributed by atoms with Gasteiger partial charge < -0.3 is 0 Å². The Hall–Kier alpha value is -0.520. The second kappa shape index (κ2) is 11.5. The van der Waals surface area contributed by atoms with Gasteiger partial charge in [-0.05, 0) is 32.1 Å². The number of unbranched alkanes of at least 4 members (excludes halogenated alkanes) is 6. The van der Waals surface area contributed by atoms with Crippen LogP contribution in [0.5, 0.6) is 0 Å². The van der Waals surface area contributed by atoms with Gasteiger partial charge in [-0.25, -0.2) is 0 Å². The van der Waals surface area contributed by atoms with E-state index in [2.05, 4.69) is 19.1 Å². The molecule has 0 aliphatic rings. The minimum Gasteiger partial charge on any atom is -0.0888 e. The zero-order valence-corrected chi connectivity index (χ0v) is 8.97. The van der Waals surface area contributed by atoms with Gasteiger partial charge in [0, 0.05) is 0 Å². The first-order valence-corrected chi connectivity index (χ1v) is 5.60. The molecule has 0 bridgehead atoms. The molecule has 0 aliphatic carbocycles. The second-order valence-corrected chi connectivity index (χ2v) is 3.46. The third-order valence-corrected chi connectivity index (χ3v) is 2.14. The van der Waals surface area contributed by atoms with Crippen LogP contribution in [0.25, 0.3) is 0 Å². The van der Waals surface area contributed by atoms with Gasteiger partial charge in [-0.3, -0.25) is 0 Å². The molecule has 0 rings (SSSR count). The van der Waals surface area contributed by atoms with Crippen LogP contribution in [0.15, 0.2) is 18.2 Å². The summed E-state index contributed by atoms with van der Waals surface area (Å²) in [5, 5.41) is 0. The summed E-state index contributed by atoms with van der Waals surface area (Å²) in [4.78, 5) is 0. The molecule has 0 N–H and O–H groups in total. The van der Waals surface area contributed by atoms with E-state index in [9.17, 15) is 0 Å². The summed E-state index contributed by atoms with van der Waals surface area (Å²) >= 11 is 0. The molecule has 0 aromatic heterocycles. The summed E-state index contributed by atoms with van der Waals surface area (Å²) in [6.07, 6.45) is 16.5. The fourth-order valence-corrected chi connectivity index (χ4v) is 1.34. The molecule has 0 amide bonds. The van der Waals surface area contributed by atoms with Gasteiger partial charge in [0.2, 0.25) is 0 Å². The van der Waals surface area contributed by atoms with Crippen molar-refractivity contribution in [3.05, 3.63) is 24.8 Å². The quantitative estimate of drug-likeness (QED) is 0.356. The van der Waals surface area contributed by atoms with E-state index in [1.165, 1.54) is 44.9 Å². The molecule has 0 unspecified atom stereocenters. The van der Waals surface area contributed by atoms with Crippen molar-refractivity contribution >= 4 is 0 Å². The summed E-state index contributed by atoms with van der Waals surface area (Å²) < 4.78 is 0. The number of hydrogen-bond donors (Lipinski definition) is 0. The Morgan fingerprint density at radius 1 is 0.846 bits per heavy atom. The van der Waals surface area contributed by atoms with Crippen molar-refractivity contribution in [2.45, 2.75) is 58.3 Å². The normalized spacial score (nSPS) is 10.8. The minimum absolute atomic E-state index is 1.08. The molecule has 75 valence electrons. The van der Waals surface area contributed by atoms with E-state index in [4.69, 9.17) is 6.58 Å². The molecule has 0 aliphatic heterocycles. The van der Waals surface area contributed by atoms with Crippen molar-refractivity contribution in [2.75, 3.05) is 0 Å². The Balaban J connectivity index is 2.91. The summed E-state index contributed by atoms with van der Waals surface area (Å²) in [5.74, 6) is 0. The van der Waals surface area contributed by atoms with E-state index in [-0.39, 0.29) is 0 Å². The lowest BCUT2D eigenvalue weighted by atomic mass is 10.1. The predicted octanol–water partition coefficient (Wildman–Crippen LogP) is 4.67. The van der Waals surface area contributed by atoms with Crippen LogP contribution in [-0.2, 0) is 0 Å². The van der Waals surface area contributed by atoms with Gasteiger partial charge in [0.25, 0.3) is 0 Å². The highest BCUT2D eigenvalue weighted by Crippen LogP contribution is 2.07. The van der Waals surface area contributed by atoms with Crippen LogP contribution in [0, 0.1) is 6.58 Å². The van der Waals surface area contributed by atoms with Crippen LogP contribution in [0.4, 0.5) is 0 Å². The lowest BCUT2D eigenvalue weighted by molar-refractivity contribution is 0.622. The molecule has 1 radical (unpaired) electrons. The Morgan fingerprint density at radius 2 is 1.46 bits per heavy atom. The van der Waals surface area contributed by atoms with Crippen molar-refractivity contribution in [3.8, 4) is 0 Å². The Labute approximate surface area is 83.7 Å². The summed E-state index contributed by atoms with van der Waals surface area (Å²) in [6.45, 7) is 7.47. The second-order valence-electron chi connectivity index (χ2n) is 3.46. The molecule has 0 saturated carbocycles. The van der Waals surface area contributed by atoms with Gasteiger partial charge in [-0.15, -0.1) is 0 Å². The van der Waals surface area contributed by atoms with Crippen molar-refractivity contribution in [1.82, 2.24) is 0 Å². The van der Waals surface area contributed by atoms with E-state index in [0.717, 1.165) is 6.42 Å². The largest absolute Gasteiger partial charge is 0.0888 e.